The summed E-state index contributed by atoms with van der Waals surface area (Å²) in [5.74, 6) is -2.09. The van der Waals surface area contributed by atoms with Gasteiger partial charge in [0.05, 0.1) is 23.7 Å². The van der Waals surface area contributed by atoms with Crippen molar-refractivity contribution in [3.05, 3.63) is 105 Å². The standard InChI is InChI=1S/C30H34F2N2O4S/c1-4-20-5-6-22-16-39(37,38)17-28(26(22)12-20)33-15-29(35)27(13-21-10-24(31)14-25(32)11-21)34-30(36)23-8-18(2)7-19(3)9-23/h5-12,14,27-29,33,35H,4,13,15-17H2,1-3H3,(H,34,36)/t27?,28-,29?/m0/s1. The summed E-state index contributed by atoms with van der Waals surface area (Å²) in [5, 5.41) is 17.2. The summed E-state index contributed by atoms with van der Waals surface area (Å²) in [6, 6.07) is 12.8. The lowest BCUT2D eigenvalue weighted by Crippen LogP contribution is -2.50. The van der Waals surface area contributed by atoms with Gasteiger partial charge in [0.25, 0.3) is 5.91 Å². The Bertz CT molecular complexity index is 1440. The molecular formula is C30H34F2N2O4S. The van der Waals surface area contributed by atoms with Gasteiger partial charge in [-0.25, -0.2) is 17.2 Å². The maximum Gasteiger partial charge on any atom is 0.251 e. The lowest BCUT2D eigenvalue weighted by molar-refractivity contribution is 0.0825. The van der Waals surface area contributed by atoms with Crippen LogP contribution < -0.4 is 10.6 Å². The number of benzene rings is 3. The summed E-state index contributed by atoms with van der Waals surface area (Å²) in [5.41, 5.74) is 5.15. The first-order chi connectivity index (χ1) is 18.4. The van der Waals surface area contributed by atoms with Crippen LogP contribution in [0.15, 0.2) is 54.6 Å². The Hall–Kier alpha value is -3.14. The van der Waals surface area contributed by atoms with Gasteiger partial charge in [0, 0.05) is 24.2 Å². The minimum Gasteiger partial charge on any atom is -0.390 e. The maximum atomic E-state index is 13.9. The van der Waals surface area contributed by atoms with Crippen LogP contribution in [0.4, 0.5) is 8.78 Å². The van der Waals surface area contributed by atoms with E-state index in [2.05, 4.69) is 10.6 Å². The Labute approximate surface area is 228 Å². The third kappa shape index (κ3) is 7.50. The molecule has 0 radical (unpaired) electrons. The highest BCUT2D eigenvalue weighted by Crippen LogP contribution is 2.29. The number of carbonyl (C=O) groups is 1. The maximum absolute atomic E-state index is 13.9. The van der Waals surface area contributed by atoms with Crippen LogP contribution in [0.25, 0.3) is 0 Å². The minimum atomic E-state index is -3.35. The van der Waals surface area contributed by atoms with Gasteiger partial charge in [0.1, 0.15) is 11.6 Å². The normalized spacial score (nSPS) is 17.7. The molecule has 0 saturated carbocycles. The smallest absolute Gasteiger partial charge is 0.251 e. The van der Waals surface area contributed by atoms with E-state index < -0.39 is 45.6 Å². The van der Waals surface area contributed by atoms with Crippen molar-refractivity contribution in [1.82, 2.24) is 10.6 Å². The number of aryl methyl sites for hydroxylation is 3. The first-order valence-corrected chi connectivity index (χ1v) is 14.8. The molecule has 208 valence electrons. The number of nitrogens with one attached hydrogen (secondary N) is 2. The van der Waals surface area contributed by atoms with Gasteiger partial charge in [-0.05, 0) is 73.2 Å². The fourth-order valence-electron chi connectivity index (χ4n) is 5.16. The summed E-state index contributed by atoms with van der Waals surface area (Å²) >= 11 is 0. The molecule has 1 amide bonds. The van der Waals surface area contributed by atoms with Gasteiger partial charge in [-0.15, -0.1) is 0 Å². The molecule has 39 heavy (non-hydrogen) atoms. The SMILES string of the molecule is CCc1ccc2c(c1)[C@@H](NCC(O)C(Cc1cc(F)cc(F)c1)NC(=O)c1cc(C)cc(C)c1)CS(=O)(=O)C2. The first kappa shape index (κ1) is 28.9. The van der Waals surface area contributed by atoms with Gasteiger partial charge in [-0.1, -0.05) is 42.3 Å². The number of sulfone groups is 1. The molecule has 0 bridgehead atoms. The second-order valence-corrected chi connectivity index (χ2v) is 12.5. The highest BCUT2D eigenvalue weighted by molar-refractivity contribution is 7.90. The van der Waals surface area contributed by atoms with E-state index in [4.69, 9.17) is 0 Å². The molecule has 3 N–H and O–H groups in total. The van der Waals surface area contributed by atoms with E-state index in [0.717, 1.165) is 52.4 Å². The summed E-state index contributed by atoms with van der Waals surface area (Å²) in [6.07, 6.45) is -0.423. The van der Waals surface area contributed by atoms with Crippen molar-refractivity contribution in [3.8, 4) is 0 Å². The molecule has 3 aromatic rings. The molecule has 0 fully saturated rings. The molecule has 3 aromatic carbocycles. The third-order valence-corrected chi connectivity index (χ3v) is 8.60. The lowest BCUT2D eigenvalue weighted by atomic mass is 9.96. The summed E-state index contributed by atoms with van der Waals surface area (Å²) in [6.45, 7) is 5.71. The zero-order valence-electron chi connectivity index (χ0n) is 22.3. The zero-order chi connectivity index (χ0) is 28.3. The second kappa shape index (κ2) is 11.9. The van der Waals surface area contributed by atoms with E-state index in [1.54, 1.807) is 12.1 Å². The van der Waals surface area contributed by atoms with Gasteiger partial charge >= 0.3 is 0 Å². The fraction of sp³-hybridized carbons (Fsp3) is 0.367. The molecule has 3 atom stereocenters. The molecular weight excluding hydrogens is 522 g/mol. The zero-order valence-corrected chi connectivity index (χ0v) is 23.1. The van der Waals surface area contributed by atoms with E-state index in [9.17, 15) is 27.1 Å². The number of aliphatic hydroxyl groups is 1. The second-order valence-electron chi connectivity index (χ2n) is 10.4. The highest BCUT2D eigenvalue weighted by Gasteiger charge is 2.31. The van der Waals surface area contributed by atoms with Crippen molar-refractivity contribution in [2.24, 2.45) is 0 Å². The van der Waals surface area contributed by atoms with Crippen LogP contribution in [-0.2, 0) is 28.4 Å². The number of halogens is 2. The Morgan fingerprint density at radius 3 is 2.31 bits per heavy atom. The molecule has 9 heteroatoms. The van der Waals surface area contributed by atoms with Crippen LogP contribution in [-0.4, -0.2) is 43.9 Å². The molecule has 0 aliphatic carbocycles. The molecule has 2 unspecified atom stereocenters. The van der Waals surface area contributed by atoms with E-state index in [1.807, 2.05) is 45.0 Å². The van der Waals surface area contributed by atoms with Crippen LogP contribution in [0, 0.1) is 25.5 Å². The van der Waals surface area contributed by atoms with Crippen molar-refractivity contribution in [1.29, 1.82) is 0 Å². The lowest BCUT2D eigenvalue weighted by Gasteiger charge is -2.30. The molecule has 1 aliphatic heterocycles. The van der Waals surface area contributed by atoms with Gasteiger partial charge in [-0.2, -0.15) is 0 Å². The molecule has 6 nitrogen and oxygen atoms in total. The van der Waals surface area contributed by atoms with Crippen molar-refractivity contribution in [2.75, 3.05) is 12.3 Å². The van der Waals surface area contributed by atoms with Crippen molar-refractivity contribution < 1.29 is 27.1 Å². The first-order valence-electron chi connectivity index (χ1n) is 13.0. The predicted molar refractivity (Wildman–Crippen MR) is 147 cm³/mol. The molecule has 0 aromatic heterocycles. The molecule has 0 saturated heterocycles. The van der Waals surface area contributed by atoms with E-state index in [0.29, 0.717) is 5.56 Å². The third-order valence-electron chi connectivity index (χ3n) is 7.01. The Balaban J connectivity index is 1.57. The van der Waals surface area contributed by atoms with E-state index in [1.165, 1.54) is 0 Å². The van der Waals surface area contributed by atoms with Gasteiger partial charge in [0.15, 0.2) is 9.84 Å². The number of hydrogen-bond donors (Lipinski definition) is 3. The van der Waals surface area contributed by atoms with E-state index >= 15 is 0 Å². The van der Waals surface area contributed by atoms with Crippen LogP contribution in [0.5, 0.6) is 0 Å². The van der Waals surface area contributed by atoms with Gasteiger partial charge in [0.2, 0.25) is 0 Å². The molecule has 4 rings (SSSR count). The molecule has 0 spiro atoms. The average Bonchev–Trinajstić information content (AvgIpc) is 2.84. The Morgan fingerprint density at radius 1 is 1.00 bits per heavy atom. The van der Waals surface area contributed by atoms with Crippen molar-refractivity contribution in [3.63, 3.8) is 0 Å². The quantitative estimate of drug-likeness (QED) is 0.369. The number of fused-ring (bicyclic) bond motifs is 1. The van der Waals surface area contributed by atoms with Crippen LogP contribution in [0.3, 0.4) is 0 Å². The number of rotatable bonds is 9. The number of hydrogen-bond acceptors (Lipinski definition) is 5. The highest BCUT2D eigenvalue weighted by atomic mass is 32.2. The van der Waals surface area contributed by atoms with Gasteiger partial charge < -0.3 is 15.7 Å². The summed E-state index contributed by atoms with van der Waals surface area (Å²) < 4.78 is 53.0. The summed E-state index contributed by atoms with van der Waals surface area (Å²) in [7, 11) is -3.35. The minimum absolute atomic E-state index is 0.0341. The molecule has 1 aliphatic rings. The average molecular weight is 557 g/mol. The monoisotopic (exact) mass is 556 g/mol. The number of carbonyl (C=O) groups excluding carboxylic acids is 1. The summed E-state index contributed by atoms with van der Waals surface area (Å²) in [4.78, 5) is 13.1. The Kier molecular flexibility index (Phi) is 8.83. The van der Waals surface area contributed by atoms with Crippen LogP contribution in [0.2, 0.25) is 0 Å². The Morgan fingerprint density at radius 2 is 1.67 bits per heavy atom. The van der Waals surface area contributed by atoms with E-state index in [-0.39, 0.29) is 30.0 Å². The largest absolute Gasteiger partial charge is 0.390 e. The predicted octanol–water partition coefficient (Wildman–Crippen LogP) is 4.11. The van der Waals surface area contributed by atoms with Gasteiger partial charge in [-0.3, -0.25) is 4.79 Å². The van der Waals surface area contributed by atoms with Crippen molar-refractivity contribution in [2.45, 2.75) is 57.6 Å². The molecule has 1 heterocycles. The topological polar surface area (TPSA) is 95.5 Å². The van der Waals surface area contributed by atoms with Crippen LogP contribution >= 0.6 is 0 Å². The fourth-order valence-corrected chi connectivity index (χ4v) is 6.82. The van der Waals surface area contributed by atoms with Crippen molar-refractivity contribution >= 4 is 15.7 Å². The number of aliphatic hydroxyl groups excluding tert-OH is 1. The van der Waals surface area contributed by atoms with Crippen LogP contribution in [0.1, 0.15) is 56.7 Å². The number of amides is 1.